The maximum atomic E-state index is 12.5. The normalized spacial score (nSPS) is 60.2. The molecular formula is C30H44O7. The summed E-state index contributed by atoms with van der Waals surface area (Å²) in [5.74, 6) is 0.909. The van der Waals surface area contributed by atoms with Crippen molar-refractivity contribution in [2.24, 2.45) is 39.9 Å². The maximum Gasteiger partial charge on any atom is 0.331 e. The maximum absolute atomic E-state index is 12.5. The molecule has 7 nitrogen and oxygen atoms in total. The molecule has 3 N–H and O–H groups in total. The van der Waals surface area contributed by atoms with E-state index in [1.165, 1.54) is 0 Å². The summed E-state index contributed by atoms with van der Waals surface area (Å²) in [4.78, 5) is 12.3. The lowest BCUT2D eigenvalue weighted by Gasteiger charge is -2.68. The van der Waals surface area contributed by atoms with Crippen LogP contribution in [0.3, 0.4) is 0 Å². The minimum atomic E-state index is -0.870. The van der Waals surface area contributed by atoms with E-state index in [0.29, 0.717) is 12.3 Å². The number of aliphatic hydroxyl groups is 3. The van der Waals surface area contributed by atoms with Gasteiger partial charge in [0, 0.05) is 23.8 Å². The molecule has 14 atom stereocenters. The molecule has 2 aliphatic heterocycles. The highest BCUT2D eigenvalue weighted by Crippen LogP contribution is 2.77. The fourth-order valence-corrected chi connectivity index (χ4v) is 11.1. The van der Waals surface area contributed by atoms with Gasteiger partial charge in [-0.05, 0) is 92.4 Å². The van der Waals surface area contributed by atoms with E-state index in [1.807, 2.05) is 0 Å². The Kier molecular flexibility index (Phi) is 5.28. The summed E-state index contributed by atoms with van der Waals surface area (Å²) in [5, 5.41) is 32.8. The van der Waals surface area contributed by atoms with Gasteiger partial charge >= 0.3 is 5.97 Å². The van der Waals surface area contributed by atoms with Gasteiger partial charge in [-0.1, -0.05) is 20.8 Å². The largest absolute Gasteiger partial charge is 0.454 e. The summed E-state index contributed by atoms with van der Waals surface area (Å²) in [6.45, 7) is 8.97. The number of rotatable bonds is 2. The molecule has 5 aliphatic carbocycles. The number of esters is 1. The van der Waals surface area contributed by atoms with Crippen LogP contribution in [0.4, 0.5) is 0 Å². The van der Waals surface area contributed by atoms with Crippen LogP contribution in [-0.4, -0.2) is 63.7 Å². The Bertz CT molecular complexity index is 1020. The highest BCUT2D eigenvalue weighted by atomic mass is 16.7. The van der Waals surface area contributed by atoms with E-state index in [9.17, 15) is 20.1 Å². The molecule has 7 heteroatoms. The monoisotopic (exact) mass is 516 g/mol. The number of ether oxygens (including phenoxy) is 3. The molecule has 1 saturated heterocycles. The Labute approximate surface area is 219 Å². The van der Waals surface area contributed by atoms with Crippen LogP contribution in [0.15, 0.2) is 11.6 Å². The smallest absolute Gasteiger partial charge is 0.331 e. The minimum absolute atomic E-state index is 0.0545. The van der Waals surface area contributed by atoms with Crippen molar-refractivity contribution in [3.05, 3.63) is 11.6 Å². The lowest BCUT2D eigenvalue weighted by molar-refractivity contribution is -0.282. The van der Waals surface area contributed by atoms with E-state index >= 15 is 0 Å². The molecule has 4 unspecified atom stereocenters. The first-order chi connectivity index (χ1) is 17.4. The SMILES string of the molecule is C[C@H]1O[C@@H](O[C@H]2CC[C@]3(C)C4CC5C6OC(=O)C=C6C6CC[C@](O)([C@@H]4CC[C@]3(C)C2)[C@@]65C)C[C@H](O)[C@@H]1O. The second-order valence-electron chi connectivity index (χ2n) is 14.4. The van der Waals surface area contributed by atoms with Crippen LogP contribution in [0.1, 0.15) is 85.5 Å². The number of hydrogen-bond acceptors (Lipinski definition) is 7. The van der Waals surface area contributed by atoms with Crippen LogP contribution in [-0.2, 0) is 19.0 Å². The lowest BCUT2D eigenvalue weighted by Crippen LogP contribution is -2.66. The third-order valence-corrected chi connectivity index (χ3v) is 13.4. The molecule has 6 fully saturated rings. The zero-order valence-corrected chi connectivity index (χ0v) is 22.7. The standard InChI is InChI=1S/C30H44O7/c1-15-25(33)22(31)13-24(35-15)36-16-5-9-28(3)20-12-21-26-17(11-23(32)37-26)18-7-10-30(34,29(18,21)4)19(20)6-8-27(28,2)14-16/h11,15-16,18-22,24-26,31,33-34H,5-10,12-14H2,1-4H3/t15-,16+,18?,19-,20?,21?,22+,24+,25-,26?,27-,28-,29+,30+/m1/s1. The zero-order chi connectivity index (χ0) is 26.1. The van der Waals surface area contributed by atoms with Gasteiger partial charge in [-0.25, -0.2) is 4.79 Å². The molecule has 0 aromatic rings. The first kappa shape index (κ1) is 25.0. The van der Waals surface area contributed by atoms with E-state index in [0.717, 1.165) is 56.9 Å². The average Bonchev–Trinajstić information content (AvgIpc) is 3.41. The molecule has 7 rings (SSSR count). The summed E-state index contributed by atoms with van der Waals surface area (Å²) in [6, 6.07) is 0. The van der Waals surface area contributed by atoms with Crippen LogP contribution in [0.2, 0.25) is 0 Å². The van der Waals surface area contributed by atoms with Crippen LogP contribution in [0.25, 0.3) is 0 Å². The van der Waals surface area contributed by atoms with Gasteiger partial charge in [-0.3, -0.25) is 0 Å². The van der Waals surface area contributed by atoms with Gasteiger partial charge < -0.3 is 29.5 Å². The number of carbonyl (C=O) groups is 1. The van der Waals surface area contributed by atoms with Crippen molar-refractivity contribution in [2.75, 3.05) is 0 Å². The number of carbonyl (C=O) groups excluding carboxylic acids is 1. The lowest BCUT2D eigenvalue weighted by atomic mass is 9.38. The highest BCUT2D eigenvalue weighted by Gasteiger charge is 2.76. The molecule has 206 valence electrons. The molecule has 7 aliphatic rings. The van der Waals surface area contributed by atoms with Gasteiger partial charge in [0.2, 0.25) is 0 Å². The van der Waals surface area contributed by atoms with Crippen molar-refractivity contribution in [2.45, 2.75) is 128 Å². The Morgan fingerprint density at radius 1 is 1.00 bits per heavy atom. The summed E-state index contributed by atoms with van der Waals surface area (Å²) in [7, 11) is 0. The van der Waals surface area contributed by atoms with Gasteiger partial charge in [-0.15, -0.1) is 0 Å². The number of hydrogen-bond donors (Lipinski definition) is 3. The second-order valence-corrected chi connectivity index (χ2v) is 14.4. The van der Waals surface area contributed by atoms with Gasteiger partial charge in [-0.2, -0.15) is 0 Å². The Hall–Kier alpha value is -0.990. The first-order valence-corrected chi connectivity index (χ1v) is 14.7. The molecule has 37 heavy (non-hydrogen) atoms. The van der Waals surface area contributed by atoms with E-state index in [-0.39, 0.29) is 52.2 Å². The topological polar surface area (TPSA) is 105 Å². The molecule has 0 spiro atoms. The highest BCUT2D eigenvalue weighted by molar-refractivity contribution is 5.86. The fourth-order valence-electron chi connectivity index (χ4n) is 11.1. The number of aliphatic hydroxyl groups excluding tert-OH is 2. The number of fused-ring (bicyclic) bond motifs is 7. The van der Waals surface area contributed by atoms with Crippen molar-refractivity contribution < 1.29 is 34.3 Å². The van der Waals surface area contributed by atoms with Crippen LogP contribution < -0.4 is 0 Å². The van der Waals surface area contributed by atoms with Crippen molar-refractivity contribution in [3.63, 3.8) is 0 Å². The molecule has 2 heterocycles. The van der Waals surface area contributed by atoms with Crippen LogP contribution >= 0.6 is 0 Å². The van der Waals surface area contributed by atoms with Gasteiger partial charge in [0.05, 0.1) is 23.9 Å². The summed E-state index contributed by atoms with van der Waals surface area (Å²) >= 11 is 0. The predicted octanol–water partition coefficient (Wildman–Crippen LogP) is 3.48. The second kappa shape index (κ2) is 7.81. The predicted molar refractivity (Wildman–Crippen MR) is 134 cm³/mol. The van der Waals surface area contributed by atoms with Crippen LogP contribution in [0.5, 0.6) is 0 Å². The van der Waals surface area contributed by atoms with E-state index in [4.69, 9.17) is 14.2 Å². The average molecular weight is 517 g/mol. The Balaban J connectivity index is 1.15. The third-order valence-electron chi connectivity index (χ3n) is 13.4. The molecule has 0 amide bonds. The zero-order valence-electron chi connectivity index (χ0n) is 22.7. The Morgan fingerprint density at radius 2 is 1.78 bits per heavy atom. The molecule has 5 saturated carbocycles. The van der Waals surface area contributed by atoms with E-state index in [1.54, 1.807) is 13.0 Å². The summed E-state index contributed by atoms with van der Waals surface area (Å²) < 4.78 is 18.2. The summed E-state index contributed by atoms with van der Waals surface area (Å²) in [5.41, 5.74) is 0.378. The van der Waals surface area contributed by atoms with Gasteiger partial charge in [0.1, 0.15) is 12.2 Å². The molecular weight excluding hydrogens is 472 g/mol. The molecule has 0 radical (unpaired) electrons. The van der Waals surface area contributed by atoms with Crippen molar-refractivity contribution in [3.8, 4) is 0 Å². The van der Waals surface area contributed by atoms with E-state index in [2.05, 4.69) is 20.8 Å². The third kappa shape index (κ3) is 3.04. The van der Waals surface area contributed by atoms with Crippen molar-refractivity contribution in [1.29, 1.82) is 0 Å². The van der Waals surface area contributed by atoms with Crippen molar-refractivity contribution >= 4 is 5.97 Å². The molecule has 0 aromatic heterocycles. The van der Waals surface area contributed by atoms with Crippen LogP contribution in [0, 0.1) is 39.9 Å². The summed E-state index contributed by atoms with van der Waals surface area (Å²) in [6.07, 6.45) is 7.09. The first-order valence-electron chi connectivity index (χ1n) is 14.7. The van der Waals surface area contributed by atoms with Gasteiger partial charge in [0.25, 0.3) is 0 Å². The molecule has 0 aromatic carbocycles. The van der Waals surface area contributed by atoms with Crippen molar-refractivity contribution in [1.82, 2.24) is 0 Å². The molecule has 0 bridgehead atoms. The Morgan fingerprint density at radius 3 is 2.54 bits per heavy atom. The van der Waals surface area contributed by atoms with E-state index < -0.39 is 30.2 Å². The fraction of sp³-hybridized carbons (Fsp3) is 0.900. The van der Waals surface area contributed by atoms with Gasteiger partial charge in [0.15, 0.2) is 6.29 Å². The quantitative estimate of drug-likeness (QED) is 0.381. The minimum Gasteiger partial charge on any atom is -0.454 e.